The van der Waals surface area contributed by atoms with E-state index in [9.17, 15) is 4.79 Å². The molecule has 1 aliphatic rings. The van der Waals surface area contributed by atoms with Crippen molar-refractivity contribution < 1.29 is 14.1 Å². The standard InChI is InChI=1S/C20H19BrN4O3/c1-13-10-18(28-24-13)17-6-3-9-25(17)20(26)23-15-7-8-19(22-12-15)27-16-5-2-4-14(21)11-16/h2,4-5,7-8,10-12,17H,3,6,9H2,1H3,(H,23,26). The first kappa shape index (κ1) is 18.5. The molecule has 3 aromatic rings. The zero-order valence-corrected chi connectivity index (χ0v) is 16.8. The van der Waals surface area contributed by atoms with Gasteiger partial charge in [0.15, 0.2) is 5.76 Å². The van der Waals surface area contributed by atoms with E-state index >= 15 is 0 Å². The molecular weight excluding hydrogens is 424 g/mol. The van der Waals surface area contributed by atoms with Gasteiger partial charge in [-0.25, -0.2) is 9.78 Å². The number of likely N-dealkylation sites (tertiary alicyclic amines) is 1. The Morgan fingerprint density at radius 1 is 1.32 bits per heavy atom. The molecule has 1 aromatic carbocycles. The highest BCUT2D eigenvalue weighted by molar-refractivity contribution is 9.10. The van der Waals surface area contributed by atoms with Crippen molar-refractivity contribution in [2.45, 2.75) is 25.8 Å². The van der Waals surface area contributed by atoms with Gasteiger partial charge in [0.2, 0.25) is 5.88 Å². The lowest BCUT2D eigenvalue weighted by atomic mass is 10.1. The first-order valence-electron chi connectivity index (χ1n) is 8.99. The second-order valence-corrected chi connectivity index (χ2v) is 7.51. The summed E-state index contributed by atoms with van der Waals surface area (Å²) < 4.78 is 12.0. The Kier molecular flexibility index (Phi) is 5.29. The van der Waals surface area contributed by atoms with Crippen LogP contribution in [-0.2, 0) is 0 Å². The lowest BCUT2D eigenvalue weighted by Crippen LogP contribution is -2.34. The second-order valence-electron chi connectivity index (χ2n) is 6.60. The Bertz CT molecular complexity index is 974. The van der Waals surface area contributed by atoms with Crippen molar-refractivity contribution in [1.82, 2.24) is 15.0 Å². The summed E-state index contributed by atoms with van der Waals surface area (Å²) >= 11 is 3.41. The summed E-state index contributed by atoms with van der Waals surface area (Å²) in [5, 5.41) is 6.82. The maximum absolute atomic E-state index is 12.7. The van der Waals surface area contributed by atoms with Crippen molar-refractivity contribution in [3.8, 4) is 11.6 Å². The Balaban J connectivity index is 1.40. The molecule has 8 heteroatoms. The number of urea groups is 1. The van der Waals surface area contributed by atoms with E-state index in [2.05, 4.69) is 31.4 Å². The molecule has 0 bridgehead atoms. The minimum atomic E-state index is -0.181. The van der Waals surface area contributed by atoms with Gasteiger partial charge in [-0.1, -0.05) is 27.2 Å². The average molecular weight is 443 g/mol. The Hall–Kier alpha value is -2.87. The van der Waals surface area contributed by atoms with E-state index in [1.807, 2.05) is 37.3 Å². The van der Waals surface area contributed by atoms with E-state index < -0.39 is 0 Å². The van der Waals surface area contributed by atoms with Crippen molar-refractivity contribution in [3.05, 3.63) is 64.6 Å². The van der Waals surface area contributed by atoms with Gasteiger partial charge >= 0.3 is 6.03 Å². The van der Waals surface area contributed by atoms with Crippen molar-refractivity contribution in [2.24, 2.45) is 0 Å². The molecular formula is C20H19BrN4O3. The third-order valence-corrected chi connectivity index (χ3v) is 4.99. The Labute approximate surface area is 170 Å². The van der Waals surface area contributed by atoms with Crippen LogP contribution in [-0.4, -0.2) is 27.6 Å². The van der Waals surface area contributed by atoms with Crippen molar-refractivity contribution >= 4 is 27.6 Å². The molecule has 144 valence electrons. The Morgan fingerprint density at radius 2 is 2.21 bits per heavy atom. The van der Waals surface area contributed by atoms with Crippen molar-refractivity contribution in [3.63, 3.8) is 0 Å². The van der Waals surface area contributed by atoms with Gasteiger partial charge in [0, 0.05) is 23.2 Å². The number of pyridine rings is 1. The van der Waals surface area contributed by atoms with Crippen molar-refractivity contribution in [2.75, 3.05) is 11.9 Å². The number of carbonyl (C=O) groups excluding carboxylic acids is 1. The number of rotatable bonds is 4. The maximum atomic E-state index is 12.7. The van der Waals surface area contributed by atoms with E-state index in [-0.39, 0.29) is 12.1 Å². The SMILES string of the molecule is Cc1cc(C2CCCN2C(=O)Nc2ccc(Oc3cccc(Br)c3)nc2)on1. The maximum Gasteiger partial charge on any atom is 0.322 e. The fourth-order valence-corrected chi connectivity index (χ4v) is 3.59. The van der Waals surface area contributed by atoms with Gasteiger partial charge in [-0.05, 0) is 44.0 Å². The quantitative estimate of drug-likeness (QED) is 0.592. The highest BCUT2D eigenvalue weighted by atomic mass is 79.9. The predicted molar refractivity (Wildman–Crippen MR) is 107 cm³/mol. The van der Waals surface area contributed by atoms with E-state index in [1.165, 1.54) is 0 Å². The number of ether oxygens (including phenoxy) is 1. The number of halogens is 1. The summed E-state index contributed by atoms with van der Waals surface area (Å²) in [4.78, 5) is 18.7. The van der Waals surface area contributed by atoms with Crippen LogP contribution in [0.2, 0.25) is 0 Å². The number of anilines is 1. The summed E-state index contributed by atoms with van der Waals surface area (Å²) in [6.45, 7) is 2.55. The van der Waals surface area contributed by atoms with Gasteiger partial charge in [0.25, 0.3) is 0 Å². The molecule has 0 aliphatic carbocycles. The molecule has 0 spiro atoms. The van der Waals surface area contributed by atoms with E-state index in [1.54, 1.807) is 23.2 Å². The summed E-state index contributed by atoms with van der Waals surface area (Å²) in [6.07, 6.45) is 3.37. The van der Waals surface area contributed by atoms with Crippen LogP contribution in [0.25, 0.3) is 0 Å². The number of hydrogen-bond donors (Lipinski definition) is 1. The van der Waals surface area contributed by atoms with Crippen LogP contribution in [0.1, 0.15) is 30.3 Å². The van der Waals surface area contributed by atoms with Crippen LogP contribution in [0.3, 0.4) is 0 Å². The number of nitrogens with zero attached hydrogens (tertiary/aromatic N) is 3. The summed E-state index contributed by atoms with van der Waals surface area (Å²) in [5.74, 6) is 1.86. The topological polar surface area (TPSA) is 80.5 Å². The van der Waals surface area contributed by atoms with Crippen LogP contribution in [0, 0.1) is 6.92 Å². The fraction of sp³-hybridized carbons (Fsp3) is 0.250. The van der Waals surface area contributed by atoms with Gasteiger partial charge < -0.3 is 19.5 Å². The normalized spacial score (nSPS) is 16.2. The lowest BCUT2D eigenvalue weighted by molar-refractivity contribution is 0.195. The first-order valence-corrected chi connectivity index (χ1v) is 9.78. The molecule has 3 heterocycles. The van der Waals surface area contributed by atoms with Gasteiger partial charge in [0.1, 0.15) is 5.75 Å². The molecule has 28 heavy (non-hydrogen) atoms. The number of nitrogens with one attached hydrogen (secondary N) is 1. The third kappa shape index (κ3) is 4.17. The van der Waals surface area contributed by atoms with Crippen LogP contribution in [0.4, 0.5) is 10.5 Å². The Morgan fingerprint density at radius 3 is 2.93 bits per heavy atom. The van der Waals surface area contributed by atoms with Crippen molar-refractivity contribution in [1.29, 1.82) is 0 Å². The zero-order chi connectivity index (χ0) is 19.5. The summed E-state index contributed by atoms with van der Waals surface area (Å²) in [7, 11) is 0. The molecule has 1 saturated heterocycles. The molecule has 2 amide bonds. The molecule has 1 fully saturated rings. The highest BCUT2D eigenvalue weighted by Crippen LogP contribution is 2.33. The largest absolute Gasteiger partial charge is 0.439 e. The smallest absolute Gasteiger partial charge is 0.322 e. The number of amides is 2. The lowest BCUT2D eigenvalue weighted by Gasteiger charge is -2.23. The molecule has 1 N–H and O–H groups in total. The van der Waals surface area contributed by atoms with Gasteiger partial charge in [0.05, 0.1) is 23.6 Å². The summed E-state index contributed by atoms with van der Waals surface area (Å²) in [5.41, 5.74) is 1.42. The predicted octanol–water partition coefficient (Wildman–Crippen LogP) is 5.30. The molecule has 1 aliphatic heterocycles. The van der Waals surface area contributed by atoms with Gasteiger partial charge in [-0.15, -0.1) is 0 Å². The number of aryl methyl sites for hydroxylation is 1. The minimum absolute atomic E-state index is 0.0895. The first-order chi connectivity index (χ1) is 13.6. The molecule has 4 rings (SSSR count). The number of benzene rings is 1. The van der Waals surface area contributed by atoms with E-state index in [0.717, 1.165) is 28.8 Å². The molecule has 7 nitrogen and oxygen atoms in total. The molecule has 1 unspecified atom stereocenters. The van der Waals surface area contributed by atoms with Gasteiger partial charge in [-0.2, -0.15) is 0 Å². The van der Waals surface area contributed by atoms with Crippen LogP contribution in [0.15, 0.2) is 57.7 Å². The minimum Gasteiger partial charge on any atom is -0.439 e. The molecule has 2 aromatic heterocycles. The van der Waals surface area contributed by atoms with Crippen LogP contribution in [0.5, 0.6) is 11.6 Å². The fourth-order valence-electron chi connectivity index (χ4n) is 3.21. The number of aromatic nitrogens is 2. The molecule has 0 radical (unpaired) electrons. The second kappa shape index (κ2) is 8.02. The third-order valence-electron chi connectivity index (χ3n) is 4.49. The van der Waals surface area contributed by atoms with Crippen LogP contribution < -0.4 is 10.1 Å². The molecule has 0 saturated carbocycles. The monoisotopic (exact) mass is 442 g/mol. The number of carbonyl (C=O) groups is 1. The average Bonchev–Trinajstić information content (AvgIpc) is 3.32. The van der Waals surface area contributed by atoms with E-state index in [4.69, 9.17) is 9.26 Å². The zero-order valence-electron chi connectivity index (χ0n) is 15.3. The number of hydrogen-bond acceptors (Lipinski definition) is 5. The van der Waals surface area contributed by atoms with Crippen LogP contribution >= 0.6 is 15.9 Å². The van der Waals surface area contributed by atoms with E-state index in [0.29, 0.717) is 23.9 Å². The highest BCUT2D eigenvalue weighted by Gasteiger charge is 2.32. The summed E-state index contributed by atoms with van der Waals surface area (Å²) in [6, 6.07) is 12.6. The molecule has 1 atom stereocenters. The van der Waals surface area contributed by atoms with Gasteiger partial charge in [-0.3, -0.25) is 0 Å².